The number of benzene rings is 1. The lowest BCUT2D eigenvalue weighted by Crippen LogP contribution is -2.11. The zero-order chi connectivity index (χ0) is 11.9. The van der Waals surface area contributed by atoms with Crippen molar-refractivity contribution in [3.05, 3.63) is 22.2 Å². The van der Waals surface area contributed by atoms with E-state index in [-0.39, 0.29) is 11.5 Å². The maximum absolute atomic E-state index is 10.8. The van der Waals surface area contributed by atoms with Gasteiger partial charge in [0.1, 0.15) is 0 Å². The molecule has 16 heavy (non-hydrogen) atoms. The molecule has 0 spiro atoms. The van der Waals surface area contributed by atoms with Crippen molar-refractivity contribution in [3.8, 4) is 0 Å². The van der Waals surface area contributed by atoms with Gasteiger partial charge < -0.3 is 20.9 Å². The molecule has 2 aromatic rings. The minimum Gasteiger partial charge on any atom is -0.479 e. The Morgan fingerprint density at radius 3 is 2.88 bits per heavy atom. The Morgan fingerprint density at radius 1 is 1.56 bits per heavy atom. The molecule has 1 aromatic heterocycles. The van der Waals surface area contributed by atoms with Crippen LogP contribution in [0, 0.1) is 0 Å². The van der Waals surface area contributed by atoms with E-state index in [2.05, 4.69) is 25.9 Å². The number of nitrogens with zero attached hydrogens (tertiary/aromatic N) is 1. The van der Waals surface area contributed by atoms with Crippen LogP contribution in [0.4, 0.5) is 5.95 Å². The molecule has 0 aliphatic carbocycles. The van der Waals surface area contributed by atoms with Crippen molar-refractivity contribution in [1.82, 2.24) is 9.97 Å². The Labute approximate surface area is 98.2 Å². The highest BCUT2D eigenvalue weighted by Crippen LogP contribution is 2.30. The molecule has 0 radical (unpaired) electrons. The maximum Gasteiger partial charge on any atom is 0.337 e. The number of aliphatic hydroxyl groups excluding tert-OH is 1. The van der Waals surface area contributed by atoms with Crippen molar-refractivity contribution in [2.24, 2.45) is 0 Å². The number of hydrogen-bond donors (Lipinski definition) is 4. The van der Waals surface area contributed by atoms with Crippen molar-refractivity contribution in [3.63, 3.8) is 0 Å². The smallest absolute Gasteiger partial charge is 0.337 e. The third-order valence-electron chi connectivity index (χ3n) is 2.17. The first-order chi connectivity index (χ1) is 7.50. The van der Waals surface area contributed by atoms with Crippen LogP contribution in [0.1, 0.15) is 11.7 Å². The Hall–Kier alpha value is -1.60. The first-order valence-electron chi connectivity index (χ1n) is 4.35. The lowest BCUT2D eigenvalue weighted by atomic mass is 10.1. The minimum absolute atomic E-state index is 0.173. The number of aliphatic carboxylic acids is 1. The molecule has 0 bridgehead atoms. The summed E-state index contributed by atoms with van der Waals surface area (Å²) in [6, 6.07) is 3.32. The van der Waals surface area contributed by atoms with E-state index in [0.717, 1.165) is 0 Å². The monoisotopic (exact) mass is 285 g/mol. The van der Waals surface area contributed by atoms with Crippen LogP contribution in [0.5, 0.6) is 0 Å². The highest BCUT2D eigenvalue weighted by atomic mass is 79.9. The normalized spacial score (nSPS) is 12.9. The van der Waals surface area contributed by atoms with Crippen LogP contribution in [0.3, 0.4) is 0 Å². The summed E-state index contributed by atoms with van der Waals surface area (Å²) in [5.41, 5.74) is 6.60. The minimum atomic E-state index is -1.64. The Kier molecular flexibility index (Phi) is 2.56. The van der Waals surface area contributed by atoms with E-state index in [1.165, 1.54) is 0 Å². The number of nitrogen functional groups attached to an aromatic ring is 1. The van der Waals surface area contributed by atoms with Crippen LogP contribution in [0.15, 0.2) is 16.6 Å². The number of halogens is 1. The van der Waals surface area contributed by atoms with E-state index in [0.29, 0.717) is 15.5 Å². The maximum atomic E-state index is 10.8. The van der Waals surface area contributed by atoms with E-state index >= 15 is 0 Å². The Bertz CT molecular complexity index is 566. The lowest BCUT2D eigenvalue weighted by Gasteiger charge is -2.08. The van der Waals surface area contributed by atoms with Gasteiger partial charge in [-0.1, -0.05) is 15.9 Å². The predicted octanol–water partition coefficient (Wildman–Crippen LogP) is 1.03. The van der Waals surface area contributed by atoms with Gasteiger partial charge in [-0.2, -0.15) is 0 Å². The van der Waals surface area contributed by atoms with Gasteiger partial charge >= 0.3 is 5.97 Å². The summed E-state index contributed by atoms with van der Waals surface area (Å²) < 4.78 is 0.474. The Balaban J connectivity index is 2.74. The SMILES string of the molecule is Nc1nc2c(C(O)C(=O)O)c(Br)ccc2[nH]1. The van der Waals surface area contributed by atoms with Gasteiger partial charge in [0.2, 0.25) is 0 Å². The number of H-pyrrole nitrogens is 1. The molecule has 1 aromatic carbocycles. The number of nitrogens with one attached hydrogen (secondary N) is 1. The van der Waals surface area contributed by atoms with Crippen molar-refractivity contribution >= 4 is 38.9 Å². The van der Waals surface area contributed by atoms with Crippen molar-refractivity contribution in [2.45, 2.75) is 6.10 Å². The van der Waals surface area contributed by atoms with E-state index < -0.39 is 12.1 Å². The predicted molar refractivity (Wildman–Crippen MR) is 60.8 cm³/mol. The Morgan fingerprint density at radius 2 is 2.25 bits per heavy atom. The summed E-state index contributed by atoms with van der Waals surface area (Å²) in [5, 5.41) is 18.3. The molecule has 2 rings (SSSR count). The summed E-state index contributed by atoms with van der Waals surface area (Å²) in [4.78, 5) is 17.5. The molecule has 5 N–H and O–H groups in total. The second kappa shape index (κ2) is 3.76. The molecule has 0 saturated carbocycles. The molecule has 0 amide bonds. The standard InChI is InChI=1S/C9H8BrN3O3/c10-3-1-2-4-6(13-9(11)12-4)5(3)7(14)8(15)16/h1-2,7,14H,(H,15,16)(H3,11,12,13). The van der Waals surface area contributed by atoms with E-state index in [1.54, 1.807) is 12.1 Å². The van der Waals surface area contributed by atoms with Gasteiger partial charge in [0.15, 0.2) is 12.1 Å². The number of rotatable bonds is 2. The highest BCUT2D eigenvalue weighted by Gasteiger charge is 2.23. The molecule has 7 heteroatoms. The zero-order valence-corrected chi connectivity index (χ0v) is 9.52. The fraction of sp³-hybridized carbons (Fsp3) is 0.111. The number of carboxylic acids is 1. The number of anilines is 1. The first-order valence-corrected chi connectivity index (χ1v) is 5.14. The first kappa shape index (κ1) is 10.9. The topological polar surface area (TPSA) is 112 Å². The number of aromatic nitrogens is 2. The second-order valence-electron chi connectivity index (χ2n) is 3.22. The molecule has 0 aliphatic rings. The van der Waals surface area contributed by atoms with E-state index in [9.17, 15) is 9.90 Å². The number of fused-ring (bicyclic) bond motifs is 1. The molecule has 1 unspecified atom stereocenters. The van der Waals surface area contributed by atoms with Gasteiger partial charge in [0, 0.05) is 10.0 Å². The quantitative estimate of drug-likeness (QED) is 0.658. The largest absolute Gasteiger partial charge is 0.479 e. The van der Waals surface area contributed by atoms with Gasteiger partial charge in [-0.05, 0) is 12.1 Å². The third kappa shape index (κ3) is 1.63. The van der Waals surface area contributed by atoms with Crippen LogP contribution < -0.4 is 5.73 Å². The molecule has 0 saturated heterocycles. The number of aliphatic hydroxyl groups is 1. The van der Waals surface area contributed by atoms with Gasteiger partial charge in [0.05, 0.1) is 11.0 Å². The summed E-state index contributed by atoms with van der Waals surface area (Å²) in [7, 11) is 0. The average molecular weight is 286 g/mol. The summed E-state index contributed by atoms with van der Waals surface area (Å²) >= 11 is 3.18. The van der Waals surface area contributed by atoms with Crippen LogP contribution in [-0.4, -0.2) is 26.2 Å². The second-order valence-corrected chi connectivity index (χ2v) is 4.07. The van der Waals surface area contributed by atoms with Gasteiger partial charge in [-0.25, -0.2) is 9.78 Å². The van der Waals surface area contributed by atoms with Crippen molar-refractivity contribution < 1.29 is 15.0 Å². The molecule has 1 heterocycles. The summed E-state index contributed by atoms with van der Waals surface area (Å²) in [6.45, 7) is 0. The zero-order valence-electron chi connectivity index (χ0n) is 7.94. The number of aromatic amines is 1. The van der Waals surface area contributed by atoms with Crippen LogP contribution in [0.2, 0.25) is 0 Å². The van der Waals surface area contributed by atoms with Crippen molar-refractivity contribution in [1.29, 1.82) is 0 Å². The van der Waals surface area contributed by atoms with Crippen molar-refractivity contribution in [2.75, 3.05) is 5.73 Å². The van der Waals surface area contributed by atoms with Crippen LogP contribution in [0.25, 0.3) is 11.0 Å². The van der Waals surface area contributed by atoms with Gasteiger partial charge in [-0.3, -0.25) is 0 Å². The number of carboxylic acid groups (broad SMARTS) is 1. The molecule has 6 nitrogen and oxygen atoms in total. The highest BCUT2D eigenvalue weighted by molar-refractivity contribution is 9.10. The number of hydrogen-bond acceptors (Lipinski definition) is 4. The van der Waals surface area contributed by atoms with Crippen LogP contribution in [-0.2, 0) is 4.79 Å². The van der Waals surface area contributed by atoms with Gasteiger partial charge in [-0.15, -0.1) is 0 Å². The number of carbonyl (C=O) groups is 1. The van der Waals surface area contributed by atoms with Crippen LogP contribution >= 0.6 is 15.9 Å². The third-order valence-corrected chi connectivity index (χ3v) is 2.86. The summed E-state index contributed by atoms with van der Waals surface area (Å²) in [6.07, 6.45) is -1.64. The molecular weight excluding hydrogens is 278 g/mol. The van der Waals surface area contributed by atoms with Gasteiger partial charge in [0.25, 0.3) is 0 Å². The fourth-order valence-corrected chi connectivity index (χ4v) is 2.01. The fourth-order valence-electron chi connectivity index (χ4n) is 1.47. The van der Waals surface area contributed by atoms with E-state index in [4.69, 9.17) is 10.8 Å². The number of nitrogens with two attached hydrogens (primary N) is 1. The lowest BCUT2D eigenvalue weighted by molar-refractivity contribution is -0.146. The molecular formula is C9H8BrN3O3. The molecule has 0 fully saturated rings. The average Bonchev–Trinajstić information content (AvgIpc) is 2.57. The molecule has 1 atom stereocenters. The van der Waals surface area contributed by atoms with E-state index in [1.807, 2.05) is 0 Å². The summed E-state index contributed by atoms with van der Waals surface area (Å²) in [5.74, 6) is -1.17. The molecule has 0 aliphatic heterocycles. The number of imidazole rings is 1. The molecule has 84 valence electrons.